The zero-order chi connectivity index (χ0) is 24.1. The number of ether oxygens (including phenoxy) is 2. The van der Waals surface area contributed by atoms with Gasteiger partial charge in [0.05, 0.1) is 25.6 Å². The summed E-state index contributed by atoms with van der Waals surface area (Å²) >= 11 is 0. The number of hydrogen-bond acceptors (Lipinski definition) is 4. The number of halogens is 1. The first-order chi connectivity index (χ1) is 16.5. The zero-order valence-electron chi connectivity index (χ0n) is 19.7. The molecule has 0 saturated carbocycles. The van der Waals surface area contributed by atoms with Gasteiger partial charge in [-0.2, -0.15) is 0 Å². The highest BCUT2D eigenvalue weighted by molar-refractivity contribution is 6.01. The summed E-state index contributed by atoms with van der Waals surface area (Å²) < 4.78 is 26.8. The molecule has 0 amide bonds. The Kier molecular flexibility index (Phi) is 6.97. The molecule has 4 rings (SSSR count). The molecule has 1 aromatic heterocycles. The van der Waals surface area contributed by atoms with E-state index in [-0.39, 0.29) is 12.4 Å². The van der Waals surface area contributed by atoms with Crippen molar-refractivity contribution in [2.45, 2.75) is 20.5 Å². The highest BCUT2D eigenvalue weighted by Gasteiger charge is 2.18. The molecule has 0 bridgehead atoms. The molecular weight excluding hydrogens is 431 g/mol. The lowest BCUT2D eigenvalue weighted by Gasteiger charge is -2.13. The lowest BCUT2D eigenvalue weighted by molar-refractivity contribution is 0.128. The monoisotopic (exact) mass is 458 g/mol. The lowest BCUT2D eigenvalue weighted by Crippen LogP contribution is -2.03. The molecule has 0 aliphatic heterocycles. The second-order valence-corrected chi connectivity index (χ2v) is 7.84. The summed E-state index contributed by atoms with van der Waals surface area (Å²) in [6.07, 6.45) is 0. The van der Waals surface area contributed by atoms with Crippen molar-refractivity contribution >= 4 is 5.71 Å². The summed E-state index contributed by atoms with van der Waals surface area (Å²) in [4.78, 5) is 5.50. The van der Waals surface area contributed by atoms with Crippen LogP contribution in [-0.2, 0) is 11.4 Å². The quantitative estimate of drug-likeness (QED) is 0.222. The van der Waals surface area contributed by atoms with Gasteiger partial charge in [0.2, 0.25) is 0 Å². The summed E-state index contributed by atoms with van der Waals surface area (Å²) in [5, 5.41) is 4.29. The van der Waals surface area contributed by atoms with Crippen molar-refractivity contribution < 1.29 is 18.7 Å². The predicted octanol–water partition coefficient (Wildman–Crippen LogP) is 6.55. The highest BCUT2D eigenvalue weighted by Crippen LogP contribution is 2.32. The molecule has 5 nitrogen and oxygen atoms in total. The smallest absolute Gasteiger partial charge is 0.145 e. The van der Waals surface area contributed by atoms with Gasteiger partial charge in [-0.25, -0.2) is 4.39 Å². The van der Waals surface area contributed by atoms with Gasteiger partial charge in [-0.15, -0.1) is 0 Å². The van der Waals surface area contributed by atoms with Crippen molar-refractivity contribution in [1.82, 2.24) is 4.57 Å². The van der Waals surface area contributed by atoms with E-state index in [1.807, 2.05) is 62.4 Å². The Morgan fingerprint density at radius 2 is 1.62 bits per heavy atom. The number of hydrogen-bond donors (Lipinski definition) is 0. The minimum Gasteiger partial charge on any atom is -0.497 e. The molecule has 4 aromatic rings. The molecule has 0 N–H and O–H groups in total. The molecule has 0 atom stereocenters. The second kappa shape index (κ2) is 10.3. The first-order valence-corrected chi connectivity index (χ1v) is 10.9. The topological polar surface area (TPSA) is 45.0 Å². The Morgan fingerprint density at radius 3 is 2.32 bits per heavy atom. The first kappa shape index (κ1) is 23.1. The third-order valence-electron chi connectivity index (χ3n) is 5.71. The van der Waals surface area contributed by atoms with E-state index in [1.165, 1.54) is 6.07 Å². The van der Waals surface area contributed by atoms with Crippen molar-refractivity contribution in [1.29, 1.82) is 0 Å². The normalized spacial score (nSPS) is 11.4. The van der Waals surface area contributed by atoms with Gasteiger partial charge >= 0.3 is 0 Å². The highest BCUT2D eigenvalue weighted by atomic mass is 19.1. The van der Waals surface area contributed by atoms with Crippen LogP contribution in [0.15, 0.2) is 84.0 Å². The number of aromatic nitrogens is 1. The van der Waals surface area contributed by atoms with Gasteiger partial charge in [-0.1, -0.05) is 35.5 Å². The molecule has 1 heterocycles. The number of nitrogens with zero attached hydrogens (tertiary/aromatic N) is 2. The average Bonchev–Trinajstić information content (AvgIpc) is 3.22. The van der Waals surface area contributed by atoms with E-state index < -0.39 is 0 Å². The summed E-state index contributed by atoms with van der Waals surface area (Å²) in [6, 6.07) is 24.4. The number of rotatable bonds is 8. The predicted molar refractivity (Wildman–Crippen MR) is 132 cm³/mol. The van der Waals surface area contributed by atoms with Gasteiger partial charge in [0.1, 0.15) is 23.9 Å². The van der Waals surface area contributed by atoms with Gasteiger partial charge < -0.3 is 18.9 Å². The van der Waals surface area contributed by atoms with E-state index in [9.17, 15) is 4.39 Å². The van der Waals surface area contributed by atoms with E-state index in [0.29, 0.717) is 11.3 Å². The van der Waals surface area contributed by atoms with Crippen LogP contribution >= 0.6 is 0 Å². The summed E-state index contributed by atoms with van der Waals surface area (Å²) in [5.74, 6) is 1.26. The molecule has 34 heavy (non-hydrogen) atoms. The molecule has 0 saturated heterocycles. The van der Waals surface area contributed by atoms with Gasteiger partial charge in [0.15, 0.2) is 0 Å². The summed E-state index contributed by atoms with van der Waals surface area (Å²) in [5.41, 5.74) is 6.07. The molecule has 0 aliphatic carbocycles. The molecular formula is C28H27FN2O3. The van der Waals surface area contributed by atoms with Crippen molar-refractivity contribution in [3.63, 3.8) is 0 Å². The van der Waals surface area contributed by atoms with Crippen LogP contribution in [0.25, 0.3) is 16.9 Å². The molecule has 3 aromatic carbocycles. The maximum atomic E-state index is 13.9. The molecule has 6 heteroatoms. The van der Waals surface area contributed by atoms with Crippen LogP contribution in [0, 0.1) is 12.7 Å². The van der Waals surface area contributed by atoms with E-state index in [0.717, 1.165) is 39.7 Å². The lowest BCUT2D eigenvalue weighted by atomic mass is 10.1. The number of oxime groups is 1. The zero-order valence-corrected chi connectivity index (χ0v) is 19.7. The maximum Gasteiger partial charge on any atom is 0.145 e. The number of benzene rings is 3. The molecule has 0 aliphatic rings. The van der Waals surface area contributed by atoms with Crippen molar-refractivity contribution in [3.8, 4) is 28.4 Å². The van der Waals surface area contributed by atoms with Crippen LogP contribution in [0.3, 0.4) is 0 Å². The minimum atomic E-state index is -0.308. The fourth-order valence-electron chi connectivity index (χ4n) is 3.90. The van der Waals surface area contributed by atoms with Gasteiger partial charge in [-0.05, 0) is 62.4 Å². The SMILES string of the molecule is COc1ccc(-n2c(-c3cccc(OC)c3)cc(C(C)=NOCc3ccccc3F)c2C)cc1. The summed E-state index contributed by atoms with van der Waals surface area (Å²) in [7, 11) is 3.30. The molecule has 0 spiro atoms. The fraction of sp³-hybridized carbons (Fsp3) is 0.179. The van der Waals surface area contributed by atoms with Crippen LogP contribution in [0.1, 0.15) is 23.7 Å². The standard InChI is InChI=1S/C28H27FN2O3/c1-19(30-34-18-22-8-5-6-11-27(22)29)26-17-28(21-9-7-10-25(16-21)33-4)31(20(26)2)23-12-14-24(32-3)15-13-23/h5-17H,18H2,1-4H3. The van der Waals surface area contributed by atoms with Gasteiger partial charge in [0.25, 0.3) is 0 Å². The van der Waals surface area contributed by atoms with E-state index in [2.05, 4.69) is 15.8 Å². The van der Waals surface area contributed by atoms with Crippen LogP contribution in [0.2, 0.25) is 0 Å². The Bertz CT molecular complexity index is 1310. The first-order valence-electron chi connectivity index (χ1n) is 10.9. The third-order valence-corrected chi connectivity index (χ3v) is 5.71. The molecule has 174 valence electrons. The van der Waals surface area contributed by atoms with Crippen LogP contribution in [-0.4, -0.2) is 24.5 Å². The largest absolute Gasteiger partial charge is 0.497 e. The Labute approximate surface area is 199 Å². The maximum absolute atomic E-state index is 13.9. The van der Waals surface area contributed by atoms with Crippen molar-refractivity contribution in [2.75, 3.05) is 14.2 Å². The van der Waals surface area contributed by atoms with Crippen molar-refractivity contribution in [3.05, 3.63) is 102 Å². The van der Waals surface area contributed by atoms with E-state index in [1.54, 1.807) is 32.4 Å². The van der Waals surface area contributed by atoms with Crippen LogP contribution < -0.4 is 9.47 Å². The minimum absolute atomic E-state index is 0.0605. The third kappa shape index (κ3) is 4.81. The molecule has 0 radical (unpaired) electrons. The van der Waals surface area contributed by atoms with E-state index in [4.69, 9.17) is 14.3 Å². The Balaban J connectivity index is 1.74. The molecule has 0 fully saturated rings. The summed E-state index contributed by atoms with van der Waals surface area (Å²) in [6.45, 7) is 3.99. The number of methoxy groups -OCH3 is 2. The molecule has 0 unspecified atom stereocenters. The van der Waals surface area contributed by atoms with Crippen LogP contribution in [0.4, 0.5) is 4.39 Å². The Hall–Kier alpha value is -4.06. The Morgan fingerprint density at radius 1 is 0.882 bits per heavy atom. The van der Waals surface area contributed by atoms with Gasteiger partial charge in [0, 0.05) is 28.1 Å². The second-order valence-electron chi connectivity index (χ2n) is 7.84. The average molecular weight is 459 g/mol. The van der Waals surface area contributed by atoms with E-state index >= 15 is 0 Å². The van der Waals surface area contributed by atoms with Gasteiger partial charge in [-0.3, -0.25) is 0 Å². The van der Waals surface area contributed by atoms with Crippen LogP contribution in [0.5, 0.6) is 11.5 Å². The van der Waals surface area contributed by atoms with Crippen molar-refractivity contribution in [2.24, 2.45) is 5.16 Å². The fourth-order valence-corrected chi connectivity index (χ4v) is 3.90.